The minimum atomic E-state index is -5.04. The van der Waals surface area contributed by atoms with E-state index >= 15 is 0 Å². The molecule has 1 heterocycles. The van der Waals surface area contributed by atoms with Gasteiger partial charge in [0.1, 0.15) is 18.1 Å². The molecule has 1 atom stereocenters. The van der Waals surface area contributed by atoms with Crippen LogP contribution in [-0.2, 0) is 6.61 Å². The van der Waals surface area contributed by atoms with Crippen LogP contribution in [0.5, 0.6) is 11.5 Å². The molecular weight excluding hydrogens is 401 g/mol. The van der Waals surface area contributed by atoms with Crippen LogP contribution >= 0.6 is 0 Å². The van der Waals surface area contributed by atoms with E-state index in [4.69, 9.17) is 9.47 Å². The lowest BCUT2D eigenvalue weighted by molar-refractivity contribution is -0.297. The highest BCUT2D eigenvalue weighted by Gasteiger charge is 2.62. The van der Waals surface area contributed by atoms with Gasteiger partial charge in [-0.3, -0.25) is 4.79 Å². The summed E-state index contributed by atoms with van der Waals surface area (Å²) in [5.74, 6) is 0.229. The molecule has 1 amide bonds. The molecule has 160 valence electrons. The maximum Gasteiger partial charge on any atom is 0.438 e. The van der Waals surface area contributed by atoms with Crippen molar-refractivity contribution in [1.82, 2.24) is 5.01 Å². The van der Waals surface area contributed by atoms with Gasteiger partial charge in [-0.2, -0.15) is 23.3 Å². The molecule has 0 aliphatic carbocycles. The van der Waals surface area contributed by atoms with Crippen molar-refractivity contribution < 1.29 is 32.5 Å². The van der Waals surface area contributed by atoms with Crippen molar-refractivity contribution in [2.45, 2.75) is 38.8 Å². The number of alkyl halides is 3. The lowest BCUT2D eigenvalue weighted by Crippen LogP contribution is -2.56. The van der Waals surface area contributed by atoms with Crippen LogP contribution in [0.3, 0.4) is 0 Å². The van der Waals surface area contributed by atoms with E-state index in [-0.39, 0.29) is 22.9 Å². The predicted octanol–water partition coefficient (Wildman–Crippen LogP) is 4.14. The van der Waals surface area contributed by atoms with Gasteiger partial charge in [0.2, 0.25) is 0 Å². The van der Waals surface area contributed by atoms with Gasteiger partial charge in [-0.25, -0.2) is 0 Å². The molecule has 30 heavy (non-hydrogen) atoms. The highest BCUT2D eigenvalue weighted by Crippen LogP contribution is 2.40. The maximum absolute atomic E-state index is 13.4. The third kappa shape index (κ3) is 4.40. The number of ether oxygens (including phenoxy) is 2. The molecule has 0 saturated carbocycles. The van der Waals surface area contributed by atoms with Gasteiger partial charge < -0.3 is 14.6 Å². The fourth-order valence-corrected chi connectivity index (χ4v) is 3.04. The smallest absolute Gasteiger partial charge is 0.438 e. The second-order valence-corrected chi connectivity index (χ2v) is 6.84. The second kappa shape index (κ2) is 8.35. The quantitative estimate of drug-likeness (QED) is 0.760. The summed E-state index contributed by atoms with van der Waals surface area (Å²) in [5, 5.41) is 13.8. The van der Waals surface area contributed by atoms with E-state index in [1.165, 1.54) is 25.1 Å². The van der Waals surface area contributed by atoms with Crippen LogP contribution in [0.2, 0.25) is 0 Å². The number of carbonyl (C=O) groups excluding carboxylic acids is 1. The van der Waals surface area contributed by atoms with Gasteiger partial charge in [-0.15, -0.1) is 0 Å². The minimum Gasteiger partial charge on any atom is -0.494 e. The van der Waals surface area contributed by atoms with Crippen molar-refractivity contribution in [2.24, 2.45) is 5.10 Å². The fourth-order valence-electron chi connectivity index (χ4n) is 3.04. The number of nitrogens with zero attached hydrogens (tertiary/aromatic N) is 2. The molecule has 0 unspecified atom stereocenters. The molecule has 6 nitrogen and oxygen atoms in total. The SMILES string of the molecule is CCOc1ccc(OCc2cccc(C(=O)N3N=C(C)C[C@]3(O)C(F)(F)F)c2)cc1. The fraction of sp³-hybridized carbons (Fsp3) is 0.333. The first-order valence-corrected chi connectivity index (χ1v) is 9.26. The number of rotatable bonds is 6. The summed E-state index contributed by atoms with van der Waals surface area (Å²) in [4.78, 5) is 12.7. The summed E-state index contributed by atoms with van der Waals surface area (Å²) in [7, 11) is 0. The number of halogens is 3. The van der Waals surface area contributed by atoms with Crippen molar-refractivity contribution in [3.8, 4) is 11.5 Å². The molecule has 0 spiro atoms. The zero-order valence-electron chi connectivity index (χ0n) is 16.4. The van der Waals surface area contributed by atoms with Crippen molar-refractivity contribution in [3.63, 3.8) is 0 Å². The standard InChI is InChI=1S/C21H21F3N2O4/c1-3-29-17-7-9-18(10-8-17)30-13-15-5-4-6-16(11-15)19(27)26-20(28,21(22,23)24)12-14(2)25-26/h4-11,28H,3,12-13H2,1-2H3/t20-/m0/s1. The Balaban J connectivity index is 1.74. The summed E-state index contributed by atoms with van der Waals surface area (Å²) in [6.45, 7) is 3.85. The number of benzene rings is 2. The average molecular weight is 422 g/mol. The Morgan fingerprint density at radius 1 is 1.17 bits per heavy atom. The van der Waals surface area contributed by atoms with Gasteiger partial charge in [0.25, 0.3) is 11.6 Å². The molecule has 1 aliphatic rings. The molecule has 1 N–H and O–H groups in total. The third-order valence-corrected chi connectivity index (χ3v) is 4.48. The predicted molar refractivity (Wildman–Crippen MR) is 103 cm³/mol. The number of amides is 1. The number of carbonyl (C=O) groups is 1. The molecule has 0 fully saturated rings. The Morgan fingerprint density at radius 3 is 2.40 bits per heavy atom. The normalized spacial score (nSPS) is 18.9. The number of aliphatic hydroxyl groups is 1. The summed E-state index contributed by atoms with van der Waals surface area (Å²) in [6, 6.07) is 13.0. The molecule has 0 saturated heterocycles. The Labute approximate surface area is 171 Å². The van der Waals surface area contributed by atoms with Crippen LogP contribution in [0.25, 0.3) is 0 Å². The van der Waals surface area contributed by atoms with Gasteiger partial charge >= 0.3 is 6.18 Å². The molecule has 1 aliphatic heterocycles. The van der Waals surface area contributed by atoms with Gasteiger partial charge in [-0.05, 0) is 55.8 Å². The molecule has 0 aromatic heterocycles. The monoisotopic (exact) mass is 422 g/mol. The van der Waals surface area contributed by atoms with E-state index in [0.717, 1.165) is 0 Å². The van der Waals surface area contributed by atoms with Crippen LogP contribution in [0, 0.1) is 0 Å². The topological polar surface area (TPSA) is 71.4 Å². The summed E-state index contributed by atoms with van der Waals surface area (Å²) >= 11 is 0. The highest BCUT2D eigenvalue weighted by atomic mass is 19.4. The van der Waals surface area contributed by atoms with Crippen molar-refractivity contribution in [1.29, 1.82) is 0 Å². The minimum absolute atomic E-state index is 0.0122. The molecular formula is C21H21F3N2O4. The first kappa shape index (κ1) is 21.6. The van der Waals surface area contributed by atoms with Crippen LogP contribution in [-0.4, -0.2) is 40.2 Å². The van der Waals surface area contributed by atoms with Crippen LogP contribution in [0.4, 0.5) is 13.2 Å². The van der Waals surface area contributed by atoms with Gasteiger partial charge in [0.05, 0.1) is 6.61 Å². The van der Waals surface area contributed by atoms with E-state index in [0.29, 0.717) is 23.7 Å². The molecule has 0 bridgehead atoms. The Morgan fingerprint density at radius 2 is 1.80 bits per heavy atom. The lowest BCUT2D eigenvalue weighted by atomic mass is 10.1. The third-order valence-electron chi connectivity index (χ3n) is 4.48. The summed E-state index contributed by atoms with van der Waals surface area (Å²) in [5.41, 5.74) is -2.81. The Hall–Kier alpha value is -3.07. The average Bonchev–Trinajstić information content (AvgIpc) is 3.03. The first-order chi connectivity index (χ1) is 14.1. The molecule has 3 rings (SSSR count). The summed E-state index contributed by atoms with van der Waals surface area (Å²) in [6.07, 6.45) is -5.83. The zero-order chi connectivity index (χ0) is 21.9. The largest absolute Gasteiger partial charge is 0.494 e. The molecule has 0 radical (unpaired) electrons. The Bertz CT molecular complexity index is 944. The zero-order valence-corrected chi connectivity index (χ0v) is 16.4. The van der Waals surface area contributed by atoms with E-state index in [2.05, 4.69) is 5.10 Å². The van der Waals surface area contributed by atoms with Gasteiger partial charge in [-0.1, -0.05) is 12.1 Å². The lowest BCUT2D eigenvalue weighted by Gasteiger charge is -2.32. The maximum atomic E-state index is 13.4. The molecule has 9 heteroatoms. The molecule has 2 aromatic carbocycles. The van der Waals surface area contributed by atoms with Crippen molar-refractivity contribution in [2.75, 3.05) is 6.61 Å². The van der Waals surface area contributed by atoms with Crippen molar-refractivity contribution >= 4 is 11.6 Å². The number of hydrogen-bond donors (Lipinski definition) is 1. The van der Waals surface area contributed by atoms with Gasteiger partial charge in [0, 0.05) is 17.7 Å². The van der Waals surface area contributed by atoms with Crippen LogP contribution < -0.4 is 9.47 Å². The number of hydrogen-bond acceptors (Lipinski definition) is 5. The van der Waals surface area contributed by atoms with E-state index in [1.807, 2.05) is 6.92 Å². The van der Waals surface area contributed by atoms with Crippen molar-refractivity contribution in [3.05, 3.63) is 59.7 Å². The van der Waals surface area contributed by atoms with Crippen LogP contribution in [0.15, 0.2) is 53.6 Å². The van der Waals surface area contributed by atoms with Gasteiger partial charge in [0.15, 0.2) is 0 Å². The van der Waals surface area contributed by atoms with E-state index in [9.17, 15) is 23.1 Å². The first-order valence-electron chi connectivity index (χ1n) is 9.26. The summed E-state index contributed by atoms with van der Waals surface area (Å²) < 4.78 is 51.1. The van der Waals surface area contributed by atoms with E-state index in [1.54, 1.807) is 30.3 Å². The molecule has 2 aromatic rings. The second-order valence-electron chi connectivity index (χ2n) is 6.84. The Kier molecular flexibility index (Phi) is 6.02. The van der Waals surface area contributed by atoms with Crippen LogP contribution in [0.1, 0.15) is 36.2 Å². The number of hydrazone groups is 1. The highest BCUT2D eigenvalue weighted by molar-refractivity contribution is 5.98. The van der Waals surface area contributed by atoms with E-state index < -0.39 is 24.2 Å².